The fourth-order valence-corrected chi connectivity index (χ4v) is 1.82. The molecule has 0 radical (unpaired) electrons. The molecule has 1 saturated heterocycles. The highest BCUT2D eigenvalue weighted by molar-refractivity contribution is 5.73. The second-order valence-corrected chi connectivity index (χ2v) is 5.05. The summed E-state index contributed by atoms with van der Waals surface area (Å²) in [5, 5.41) is 3.34. The summed E-state index contributed by atoms with van der Waals surface area (Å²) in [4.78, 5) is 11.9. The zero-order chi connectivity index (χ0) is 12.7. The summed E-state index contributed by atoms with van der Waals surface area (Å²) in [6.45, 7) is 8.90. The van der Waals surface area contributed by atoms with Crippen LogP contribution in [0.25, 0.3) is 0 Å². The molecule has 4 heteroatoms. The smallest absolute Gasteiger partial charge is 0.312 e. The third-order valence-electron chi connectivity index (χ3n) is 2.98. The minimum atomic E-state index is -0.131. The summed E-state index contributed by atoms with van der Waals surface area (Å²) in [5.74, 6) is 0.321. The highest BCUT2D eigenvalue weighted by Gasteiger charge is 2.34. The molecule has 17 heavy (non-hydrogen) atoms. The molecule has 1 aliphatic rings. The van der Waals surface area contributed by atoms with Gasteiger partial charge in [-0.3, -0.25) is 4.79 Å². The Kier molecular flexibility index (Phi) is 6.52. The maximum absolute atomic E-state index is 11.9. The van der Waals surface area contributed by atoms with Gasteiger partial charge in [-0.05, 0) is 25.3 Å². The first-order valence-electron chi connectivity index (χ1n) is 6.63. The average Bonchev–Trinajstić information content (AvgIpc) is 2.73. The van der Waals surface area contributed by atoms with E-state index in [2.05, 4.69) is 26.1 Å². The van der Waals surface area contributed by atoms with E-state index in [1.165, 1.54) is 0 Å². The molecule has 1 fully saturated rings. The van der Waals surface area contributed by atoms with Gasteiger partial charge < -0.3 is 14.8 Å². The van der Waals surface area contributed by atoms with Gasteiger partial charge in [0.25, 0.3) is 0 Å². The van der Waals surface area contributed by atoms with Gasteiger partial charge >= 0.3 is 5.97 Å². The second-order valence-electron chi connectivity index (χ2n) is 5.05. The molecule has 0 aromatic carbocycles. The van der Waals surface area contributed by atoms with E-state index in [9.17, 15) is 4.79 Å². The Morgan fingerprint density at radius 2 is 2.24 bits per heavy atom. The quantitative estimate of drug-likeness (QED) is 0.690. The van der Waals surface area contributed by atoms with Gasteiger partial charge in [0.05, 0.1) is 25.7 Å². The van der Waals surface area contributed by atoms with Gasteiger partial charge in [-0.15, -0.1) is 0 Å². The molecular weight excluding hydrogens is 218 g/mol. The van der Waals surface area contributed by atoms with Crippen molar-refractivity contribution in [2.45, 2.75) is 39.7 Å². The van der Waals surface area contributed by atoms with Gasteiger partial charge in [0.1, 0.15) is 0 Å². The van der Waals surface area contributed by atoms with E-state index in [-0.39, 0.29) is 17.9 Å². The Morgan fingerprint density at radius 3 is 2.88 bits per heavy atom. The Bertz CT molecular complexity index is 231. The van der Waals surface area contributed by atoms with Crippen molar-refractivity contribution < 1.29 is 14.3 Å². The van der Waals surface area contributed by atoms with Crippen molar-refractivity contribution in [1.29, 1.82) is 0 Å². The molecular formula is C13H25NO3. The lowest BCUT2D eigenvalue weighted by Gasteiger charge is -2.17. The maximum Gasteiger partial charge on any atom is 0.312 e. The third-order valence-corrected chi connectivity index (χ3v) is 2.98. The monoisotopic (exact) mass is 243 g/mol. The molecule has 1 N–H and O–H groups in total. The van der Waals surface area contributed by atoms with E-state index in [4.69, 9.17) is 9.47 Å². The van der Waals surface area contributed by atoms with Crippen LogP contribution in [0.5, 0.6) is 0 Å². The van der Waals surface area contributed by atoms with Gasteiger partial charge in [0, 0.05) is 6.04 Å². The summed E-state index contributed by atoms with van der Waals surface area (Å²) in [7, 11) is 0. The number of esters is 1. The molecule has 1 heterocycles. The van der Waals surface area contributed by atoms with Gasteiger partial charge in [-0.1, -0.05) is 20.8 Å². The van der Waals surface area contributed by atoms with Crippen molar-refractivity contribution in [3.05, 3.63) is 0 Å². The van der Waals surface area contributed by atoms with Crippen LogP contribution in [0.1, 0.15) is 33.6 Å². The zero-order valence-corrected chi connectivity index (χ0v) is 11.2. The first-order chi connectivity index (χ1) is 8.15. The fraction of sp³-hybridized carbons (Fsp3) is 0.923. The van der Waals surface area contributed by atoms with E-state index in [0.717, 1.165) is 19.4 Å². The first kappa shape index (κ1) is 14.5. The van der Waals surface area contributed by atoms with Crippen LogP contribution in [-0.2, 0) is 14.3 Å². The molecule has 2 atom stereocenters. The number of hydrogen-bond donors (Lipinski definition) is 1. The van der Waals surface area contributed by atoms with Crippen LogP contribution in [0.15, 0.2) is 0 Å². The van der Waals surface area contributed by atoms with Crippen LogP contribution < -0.4 is 5.32 Å². The minimum Gasteiger partial charge on any atom is -0.465 e. The Balaban J connectivity index is 2.28. The molecule has 4 nitrogen and oxygen atoms in total. The average molecular weight is 243 g/mol. The summed E-state index contributed by atoms with van der Waals surface area (Å²) < 4.78 is 10.6. The Hall–Kier alpha value is -0.610. The lowest BCUT2D eigenvalue weighted by molar-refractivity contribution is -0.149. The van der Waals surface area contributed by atoms with Crippen molar-refractivity contribution in [2.24, 2.45) is 11.8 Å². The molecule has 2 unspecified atom stereocenters. The lowest BCUT2D eigenvalue weighted by Crippen LogP contribution is -2.40. The predicted octanol–water partition coefficient (Wildman–Crippen LogP) is 1.59. The number of nitrogens with one attached hydrogen (secondary N) is 1. The number of hydrogen-bond acceptors (Lipinski definition) is 4. The molecule has 0 aliphatic carbocycles. The van der Waals surface area contributed by atoms with Gasteiger partial charge in [-0.25, -0.2) is 0 Å². The molecule has 1 rings (SSSR count). The van der Waals surface area contributed by atoms with E-state index >= 15 is 0 Å². The van der Waals surface area contributed by atoms with Crippen LogP contribution >= 0.6 is 0 Å². The van der Waals surface area contributed by atoms with Crippen LogP contribution in [0.3, 0.4) is 0 Å². The van der Waals surface area contributed by atoms with Gasteiger partial charge in [0.2, 0.25) is 0 Å². The van der Waals surface area contributed by atoms with E-state index in [1.807, 2.05) is 0 Å². The van der Waals surface area contributed by atoms with E-state index in [0.29, 0.717) is 25.7 Å². The van der Waals surface area contributed by atoms with Crippen LogP contribution in [-0.4, -0.2) is 38.4 Å². The summed E-state index contributed by atoms with van der Waals surface area (Å²) in [5.41, 5.74) is 0. The molecule has 0 bridgehead atoms. The summed E-state index contributed by atoms with van der Waals surface area (Å²) in [6.07, 6.45) is 1.98. The Labute approximate surface area is 104 Å². The summed E-state index contributed by atoms with van der Waals surface area (Å²) in [6, 6.07) is 0.126. The molecule has 100 valence electrons. The van der Waals surface area contributed by atoms with Gasteiger partial charge in [-0.2, -0.15) is 0 Å². The van der Waals surface area contributed by atoms with Crippen molar-refractivity contribution in [2.75, 3.05) is 26.4 Å². The minimum absolute atomic E-state index is 0.114. The highest BCUT2D eigenvalue weighted by Crippen LogP contribution is 2.16. The van der Waals surface area contributed by atoms with Gasteiger partial charge in [0.15, 0.2) is 0 Å². The number of carbonyl (C=O) groups excluding carboxylic acids is 1. The molecule has 0 aromatic rings. The molecule has 0 amide bonds. The van der Waals surface area contributed by atoms with Crippen LogP contribution in [0, 0.1) is 11.8 Å². The van der Waals surface area contributed by atoms with E-state index in [1.54, 1.807) is 0 Å². The molecule has 0 spiro atoms. The van der Waals surface area contributed by atoms with Crippen molar-refractivity contribution >= 4 is 5.97 Å². The van der Waals surface area contributed by atoms with Crippen molar-refractivity contribution in [3.8, 4) is 0 Å². The van der Waals surface area contributed by atoms with Crippen molar-refractivity contribution in [3.63, 3.8) is 0 Å². The van der Waals surface area contributed by atoms with Crippen molar-refractivity contribution in [1.82, 2.24) is 5.32 Å². The number of ether oxygens (including phenoxy) is 2. The molecule has 0 saturated carbocycles. The topological polar surface area (TPSA) is 47.6 Å². The van der Waals surface area contributed by atoms with Crippen LogP contribution in [0.4, 0.5) is 0 Å². The Morgan fingerprint density at radius 1 is 1.47 bits per heavy atom. The van der Waals surface area contributed by atoms with E-state index < -0.39 is 0 Å². The predicted molar refractivity (Wildman–Crippen MR) is 66.8 cm³/mol. The standard InChI is InChI=1S/C13H25NO3/c1-4-6-14-12-9-16-8-11(12)13(15)17-7-5-10(2)3/h10-12,14H,4-9H2,1-3H3. The largest absolute Gasteiger partial charge is 0.465 e. The fourth-order valence-electron chi connectivity index (χ4n) is 1.82. The second kappa shape index (κ2) is 7.67. The maximum atomic E-state index is 11.9. The first-order valence-corrected chi connectivity index (χ1v) is 6.63. The lowest BCUT2D eigenvalue weighted by atomic mass is 10.0. The third kappa shape index (κ3) is 5.04. The number of carbonyl (C=O) groups is 1. The highest BCUT2D eigenvalue weighted by atomic mass is 16.5. The summed E-state index contributed by atoms with van der Waals surface area (Å²) >= 11 is 0. The number of rotatable bonds is 7. The normalized spacial score (nSPS) is 24.2. The zero-order valence-electron chi connectivity index (χ0n) is 11.2. The SMILES string of the molecule is CCCNC1COCC1C(=O)OCCC(C)C. The molecule has 0 aromatic heterocycles. The van der Waals surface area contributed by atoms with Crippen LogP contribution in [0.2, 0.25) is 0 Å². The molecule has 1 aliphatic heterocycles.